The molecular formula is C23H28N4O3. The second kappa shape index (κ2) is 6.89. The Bertz CT molecular complexity index is 931. The summed E-state index contributed by atoms with van der Waals surface area (Å²) in [5, 5.41) is 5.97. The topological polar surface area (TPSA) is 81.8 Å². The zero-order chi connectivity index (χ0) is 20.4. The second-order valence-electron chi connectivity index (χ2n) is 9.71. The van der Waals surface area contributed by atoms with E-state index in [1.807, 2.05) is 6.07 Å². The summed E-state index contributed by atoms with van der Waals surface area (Å²) in [5.41, 5.74) is 2.88. The van der Waals surface area contributed by atoms with Gasteiger partial charge in [-0.1, -0.05) is 12.1 Å². The molecule has 1 aromatic rings. The van der Waals surface area contributed by atoms with E-state index in [2.05, 4.69) is 27.7 Å². The molecule has 3 amide bonds. The minimum Gasteiger partial charge on any atom is -0.322 e. The van der Waals surface area contributed by atoms with Crippen molar-refractivity contribution in [3.05, 3.63) is 34.9 Å². The Morgan fingerprint density at radius 1 is 1.03 bits per heavy atom. The van der Waals surface area contributed by atoms with Gasteiger partial charge >= 0.3 is 0 Å². The fourth-order valence-corrected chi connectivity index (χ4v) is 6.70. The molecule has 158 valence electrons. The highest BCUT2D eigenvalue weighted by atomic mass is 16.2. The maximum absolute atomic E-state index is 13.1. The van der Waals surface area contributed by atoms with Crippen LogP contribution in [0.4, 0.5) is 0 Å². The molecule has 5 aliphatic heterocycles. The first kappa shape index (κ1) is 18.5. The molecular weight excluding hydrogens is 380 g/mol. The van der Waals surface area contributed by atoms with Crippen LogP contribution < -0.4 is 10.6 Å². The number of rotatable bonds is 3. The zero-order valence-electron chi connectivity index (χ0n) is 17.1. The molecule has 5 heterocycles. The van der Waals surface area contributed by atoms with Crippen molar-refractivity contribution >= 4 is 17.7 Å². The van der Waals surface area contributed by atoms with Crippen LogP contribution in [0, 0.1) is 17.8 Å². The lowest BCUT2D eigenvalue weighted by molar-refractivity contribution is -0.136. The Morgan fingerprint density at radius 2 is 1.90 bits per heavy atom. The third kappa shape index (κ3) is 2.82. The largest absolute Gasteiger partial charge is 0.322 e. The smallest absolute Gasteiger partial charge is 0.255 e. The van der Waals surface area contributed by atoms with E-state index >= 15 is 0 Å². The lowest BCUT2D eigenvalue weighted by Gasteiger charge is -2.52. The van der Waals surface area contributed by atoms with E-state index in [4.69, 9.17) is 0 Å². The van der Waals surface area contributed by atoms with Crippen molar-refractivity contribution in [1.82, 2.24) is 20.4 Å². The van der Waals surface area contributed by atoms with E-state index in [9.17, 15) is 14.4 Å². The Morgan fingerprint density at radius 3 is 2.77 bits per heavy atom. The molecule has 7 rings (SSSR count). The molecule has 7 nitrogen and oxygen atoms in total. The number of piperidine rings is 3. The van der Waals surface area contributed by atoms with Gasteiger partial charge in [0.25, 0.3) is 5.91 Å². The SMILES string of the molecule is O=C1CCC(N2Cc3ccc(CN4CC5CCC4C4CNCC54)cc3C2=O)C(=O)N1. The quantitative estimate of drug-likeness (QED) is 0.726. The van der Waals surface area contributed by atoms with Crippen LogP contribution in [0.15, 0.2) is 18.2 Å². The standard InChI is InChI=1S/C23H28N4O3/c28-21-6-5-20(22(29)25-21)27-12-15-2-1-13(7-16(15)23(27)30)10-26-11-14-3-4-19(26)18-9-24-8-17(14)18/h1-2,7,14,17-20,24H,3-6,8-12H2,(H,25,28,29). The molecule has 1 aromatic carbocycles. The van der Waals surface area contributed by atoms with Crippen molar-refractivity contribution < 1.29 is 14.4 Å². The van der Waals surface area contributed by atoms with E-state index in [0.29, 0.717) is 19.0 Å². The predicted molar refractivity (Wildman–Crippen MR) is 109 cm³/mol. The van der Waals surface area contributed by atoms with Crippen LogP contribution >= 0.6 is 0 Å². The Labute approximate surface area is 176 Å². The maximum Gasteiger partial charge on any atom is 0.255 e. The molecule has 0 spiro atoms. The first-order valence-electron chi connectivity index (χ1n) is 11.3. The van der Waals surface area contributed by atoms with Crippen molar-refractivity contribution in [3.63, 3.8) is 0 Å². The summed E-state index contributed by atoms with van der Waals surface area (Å²) >= 11 is 0. The normalized spacial score (nSPS) is 35.5. The summed E-state index contributed by atoms with van der Waals surface area (Å²) in [6.07, 6.45) is 3.34. The number of amides is 3. The van der Waals surface area contributed by atoms with E-state index in [-0.39, 0.29) is 24.1 Å². The van der Waals surface area contributed by atoms with Gasteiger partial charge in [0, 0.05) is 37.7 Å². The predicted octanol–water partition coefficient (Wildman–Crippen LogP) is 0.877. The zero-order valence-corrected chi connectivity index (χ0v) is 17.1. The Kier molecular flexibility index (Phi) is 4.25. The van der Waals surface area contributed by atoms with Crippen molar-refractivity contribution in [1.29, 1.82) is 0 Å². The van der Waals surface area contributed by atoms with E-state index in [1.54, 1.807) is 4.90 Å². The first-order valence-corrected chi connectivity index (χ1v) is 11.3. The number of nitrogens with one attached hydrogen (secondary N) is 2. The molecule has 7 heteroatoms. The number of hydrogen-bond acceptors (Lipinski definition) is 5. The molecule has 30 heavy (non-hydrogen) atoms. The molecule has 0 aromatic heterocycles. The fourth-order valence-electron chi connectivity index (χ4n) is 6.70. The fraction of sp³-hybridized carbons (Fsp3) is 0.609. The number of hydrogen-bond donors (Lipinski definition) is 2. The third-order valence-electron chi connectivity index (χ3n) is 8.16. The van der Waals surface area contributed by atoms with Crippen molar-refractivity contribution in [2.45, 2.75) is 50.9 Å². The number of carbonyl (C=O) groups is 3. The number of nitrogens with zero attached hydrogens (tertiary/aromatic N) is 2. The van der Waals surface area contributed by atoms with E-state index < -0.39 is 6.04 Å². The summed E-state index contributed by atoms with van der Waals surface area (Å²) < 4.78 is 0. The average Bonchev–Trinajstić information content (AvgIpc) is 3.36. The van der Waals surface area contributed by atoms with Gasteiger partial charge in [-0.2, -0.15) is 0 Å². The molecule has 5 fully saturated rings. The van der Waals surface area contributed by atoms with Crippen molar-refractivity contribution in [2.75, 3.05) is 19.6 Å². The lowest BCUT2D eigenvalue weighted by Crippen LogP contribution is -2.56. The molecule has 2 bridgehead atoms. The summed E-state index contributed by atoms with van der Waals surface area (Å²) in [5.74, 6) is 1.74. The van der Waals surface area contributed by atoms with Gasteiger partial charge in [0.1, 0.15) is 6.04 Å². The van der Waals surface area contributed by atoms with Crippen LogP contribution in [0.5, 0.6) is 0 Å². The molecule has 2 N–H and O–H groups in total. The molecule has 0 radical (unpaired) electrons. The van der Waals surface area contributed by atoms with Crippen LogP contribution in [0.25, 0.3) is 0 Å². The van der Waals surface area contributed by atoms with E-state index in [0.717, 1.165) is 42.0 Å². The van der Waals surface area contributed by atoms with E-state index in [1.165, 1.54) is 31.5 Å². The van der Waals surface area contributed by atoms with Gasteiger partial charge in [0.15, 0.2) is 0 Å². The van der Waals surface area contributed by atoms with Crippen LogP contribution in [0.3, 0.4) is 0 Å². The molecule has 1 aliphatic carbocycles. The highest BCUT2D eigenvalue weighted by Crippen LogP contribution is 2.45. The maximum atomic E-state index is 13.1. The van der Waals surface area contributed by atoms with Gasteiger partial charge in [0.05, 0.1) is 0 Å². The highest BCUT2D eigenvalue weighted by molar-refractivity contribution is 6.05. The molecule has 5 unspecified atom stereocenters. The average molecular weight is 409 g/mol. The van der Waals surface area contributed by atoms with Crippen LogP contribution in [0.1, 0.15) is 47.2 Å². The van der Waals surface area contributed by atoms with Gasteiger partial charge in [-0.05, 0) is 67.3 Å². The number of carbonyl (C=O) groups excluding carboxylic acids is 3. The second-order valence-corrected chi connectivity index (χ2v) is 9.71. The summed E-state index contributed by atoms with van der Waals surface area (Å²) in [4.78, 5) is 41.0. The first-order chi connectivity index (χ1) is 14.6. The van der Waals surface area contributed by atoms with Crippen LogP contribution in [0.2, 0.25) is 0 Å². The monoisotopic (exact) mass is 408 g/mol. The lowest BCUT2D eigenvalue weighted by atomic mass is 9.66. The van der Waals surface area contributed by atoms with Gasteiger partial charge < -0.3 is 10.2 Å². The Balaban J connectivity index is 1.19. The summed E-state index contributed by atoms with van der Waals surface area (Å²) in [7, 11) is 0. The number of benzene rings is 1. The minimum absolute atomic E-state index is 0.0819. The van der Waals surface area contributed by atoms with Crippen LogP contribution in [-0.4, -0.2) is 59.2 Å². The molecule has 6 aliphatic rings. The number of imide groups is 1. The highest BCUT2D eigenvalue weighted by Gasteiger charge is 2.49. The minimum atomic E-state index is -0.546. The van der Waals surface area contributed by atoms with Gasteiger partial charge in [-0.25, -0.2) is 0 Å². The molecule has 4 saturated heterocycles. The van der Waals surface area contributed by atoms with Crippen molar-refractivity contribution in [2.24, 2.45) is 17.8 Å². The molecule has 5 atom stereocenters. The Hall–Kier alpha value is -2.25. The van der Waals surface area contributed by atoms with Crippen molar-refractivity contribution in [3.8, 4) is 0 Å². The molecule has 1 saturated carbocycles. The van der Waals surface area contributed by atoms with Gasteiger partial charge in [0.2, 0.25) is 11.8 Å². The summed E-state index contributed by atoms with van der Waals surface area (Å²) in [6.45, 7) is 4.84. The van der Waals surface area contributed by atoms with Gasteiger partial charge in [-0.3, -0.25) is 24.6 Å². The number of fused-ring (bicyclic) bond motifs is 3. The van der Waals surface area contributed by atoms with Gasteiger partial charge in [-0.15, -0.1) is 0 Å². The third-order valence-corrected chi connectivity index (χ3v) is 8.16. The van der Waals surface area contributed by atoms with Crippen LogP contribution in [-0.2, 0) is 22.7 Å². The summed E-state index contributed by atoms with van der Waals surface area (Å²) in [6, 6.07) is 6.34.